The summed E-state index contributed by atoms with van der Waals surface area (Å²) < 4.78 is 42.9. The summed E-state index contributed by atoms with van der Waals surface area (Å²) in [6.07, 6.45) is 4.18. The van der Waals surface area contributed by atoms with Crippen molar-refractivity contribution in [1.82, 2.24) is 14.9 Å². The van der Waals surface area contributed by atoms with Gasteiger partial charge in [-0.25, -0.2) is 14.8 Å². The van der Waals surface area contributed by atoms with Crippen LogP contribution in [0.4, 0.5) is 4.79 Å². The molecule has 2 aromatic heterocycles. The average molecular weight is 894 g/mol. The quantitative estimate of drug-likeness (QED) is 0.0515. The Labute approximate surface area is 370 Å². The minimum atomic E-state index is -3.64. The van der Waals surface area contributed by atoms with Gasteiger partial charge in [0.25, 0.3) is 0 Å². The second kappa shape index (κ2) is 19.3. The molecule has 15 heteroatoms. The third-order valence-corrected chi connectivity index (χ3v) is 16.1. The highest BCUT2D eigenvalue weighted by molar-refractivity contribution is 7.60. The summed E-state index contributed by atoms with van der Waals surface area (Å²) in [6.45, 7) is 20.2. The maximum atomic E-state index is 15.0. The zero-order chi connectivity index (χ0) is 45.1. The van der Waals surface area contributed by atoms with Crippen molar-refractivity contribution in [2.75, 3.05) is 20.0 Å². The van der Waals surface area contributed by atoms with Gasteiger partial charge in [-0.2, -0.15) is 0 Å². The lowest BCUT2D eigenvalue weighted by molar-refractivity contribution is -0.156. The Morgan fingerprint density at radius 1 is 1.05 bits per heavy atom. The Balaban J connectivity index is 1.31. The minimum absolute atomic E-state index is 0.0731. The zero-order valence-electron chi connectivity index (χ0n) is 37.8. The lowest BCUT2D eigenvalue weighted by Gasteiger charge is -2.35. The molecule has 3 heterocycles. The Morgan fingerprint density at radius 3 is 2.42 bits per heavy atom. The number of rotatable bonds is 18. The number of likely N-dealkylation sites (tertiary alicyclic amines) is 1. The SMILES string of the molecule is C=C[C@@H]1C[C@]1(CC(=O)[C@@H]1C[C@@H](Oc2cc(-c3csc(CC(C)C)n3)nc3cc(C)ccc23)CN1C(=O)[C@@H](CC(=O)OC1CCCC1)C(C)(C)C)P(C)(=O)OCOC(=O)OC(C)C. The van der Waals surface area contributed by atoms with Gasteiger partial charge in [-0.3, -0.25) is 23.5 Å². The summed E-state index contributed by atoms with van der Waals surface area (Å²) in [5.41, 5.74) is 2.49. The molecule has 0 spiro atoms. The van der Waals surface area contributed by atoms with Crippen LogP contribution in [0.5, 0.6) is 5.75 Å². The first-order valence-electron chi connectivity index (χ1n) is 21.9. The van der Waals surface area contributed by atoms with Crippen molar-refractivity contribution in [3.8, 4) is 17.1 Å². The van der Waals surface area contributed by atoms with Crippen molar-refractivity contribution in [2.45, 2.75) is 143 Å². The molecular weight excluding hydrogens is 830 g/mol. The van der Waals surface area contributed by atoms with Crippen molar-refractivity contribution in [2.24, 2.45) is 23.2 Å². The highest BCUT2D eigenvalue weighted by Crippen LogP contribution is 2.73. The van der Waals surface area contributed by atoms with Gasteiger partial charge in [0, 0.05) is 42.8 Å². The molecule has 0 radical (unpaired) electrons. The molecule has 3 aromatic rings. The largest absolute Gasteiger partial charge is 0.510 e. The summed E-state index contributed by atoms with van der Waals surface area (Å²) in [5.74, 6) is -1.20. The van der Waals surface area contributed by atoms with Crippen molar-refractivity contribution in [3.63, 3.8) is 0 Å². The van der Waals surface area contributed by atoms with Gasteiger partial charge in [-0.1, -0.05) is 46.8 Å². The van der Waals surface area contributed by atoms with Crippen LogP contribution in [0.15, 0.2) is 42.3 Å². The number of Topliss-reactive ketones (excluding diaryl/α,β-unsaturated/α-hetero) is 1. The van der Waals surface area contributed by atoms with Crippen LogP contribution in [0, 0.1) is 30.1 Å². The minimum Gasteiger partial charge on any atom is -0.488 e. The van der Waals surface area contributed by atoms with Gasteiger partial charge in [0.1, 0.15) is 18.0 Å². The molecule has 0 bridgehead atoms. The number of ether oxygens (including phenoxy) is 4. The molecule has 1 aliphatic heterocycles. The van der Waals surface area contributed by atoms with Gasteiger partial charge in [0.15, 0.2) is 5.78 Å². The number of benzene rings is 1. The van der Waals surface area contributed by atoms with Crippen LogP contribution < -0.4 is 4.74 Å². The second-order valence-corrected chi connectivity index (χ2v) is 23.0. The molecule has 6 atom stereocenters. The van der Waals surface area contributed by atoms with E-state index in [2.05, 4.69) is 20.4 Å². The van der Waals surface area contributed by atoms with Gasteiger partial charge >= 0.3 is 12.1 Å². The van der Waals surface area contributed by atoms with E-state index < -0.39 is 61.0 Å². The smallest absolute Gasteiger partial charge is 0.488 e. The number of hydrogen-bond donors (Lipinski definition) is 0. The first-order valence-corrected chi connectivity index (χ1v) is 24.9. The van der Waals surface area contributed by atoms with Crippen molar-refractivity contribution >= 4 is 53.4 Å². The number of esters is 1. The number of amides is 1. The summed E-state index contributed by atoms with van der Waals surface area (Å²) >= 11 is 1.60. The van der Waals surface area contributed by atoms with E-state index >= 15 is 0 Å². The fourth-order valence-electron chi connectivity index (χ4n) is 8.78. The van der Waals surface area contributed by atoms with Crippen LogP contribution in [-0.2, 0) is 44.1 Å². The van der Waals surface area contributed by atoms with E-state index in [0.717, 1.165) is 59.3 Å². The number of allylic oxidation sites excluding steroid dienone is 1. The molecule has 3 aliphatic rings. The number of hydrogen-bond acceptors (Lipinski definition) is 13. The maximum absolute atomic E-state index is 15.0. The van der Waals surface area contributed by atoms with Crippen LogP contribution >= 0.6 is 18.7 Å². The topological polar surface area (TPSA) is 161 Å². The van der Waals surface area contributed by atoms with Crippen molar-refractivity contribution in [1.29, 1.82) is 0 Å². The van der Waals surface area contributed by atoms with Gasteiger partial charge < -0.3 is 23.8 Å². The van der Waals surface area contributed by atoms with Crippen LogP contribution in [0.1, 0.15) is 110 Å². The molecule has 2 aliphatic carbocycles. The molecule has 1 aromatic carbocycles. The predicted octanol–water partition coefficient (Wildman–Crippen LogP) is 10.1. The van der Waals surface area contributed by atoms with E-state index in [1.165, 1.54) is 6.66 Å². The fourth-order valence-corrected chi connectivity index (χ4v) is 12.0. The standard InChI is InChI=1S/C47H64N3O10PS/c1-11-31-23-47(31,61(10,55)57-27-56-45(54)58-29(4)5)24-40(51)39-20-33(25-50(39)44(53)35(46(7,8)9)21-43(52)60-32-14-12-13-15-32)59-41-22-37(38-26-62-42(49-38)18-28(2)3)48-36-19-30(6)16-17-34(36)41/h11,16-17,19,22,26,28-29,31-33,35,39H,1,12-15,18,20-21,23-25,27H2,2-10H3/t31-,33-,35-,39+,47-,61?/m1/s1. The predicted molar refractivity (Wildman–Crippen MR) is 239 cm³/mol. The molecule has 338 valence electrons. The second-order valence-electron chi connectivity index (χ2n) is 19.2. The normalized spacial score (nSPS) is 23.0. The van der Waals surface area contributed by atoms with E-state index in [1.807, 2.05) is 57.3 Å². The van der Waals surface area contributed by atoms with Crippen molar-refractivity contribution < 1.29 is 47.2 Å². The number of aromatic nitrogens is 2. The Morgan fingerprint density at radius 2 is 1.77 bits per heavy atom. The summed E-state index contributed by atoms with van der Waals surface area (Å²) in [7, 11) is -3.64. The van der Waals surface area contributed by atoms with E-state index in [9.17, 15) is 23.7 Å². The van der Waals surface area contributed by atoms with E-state index in [0.29, 0.717) is 23.8 Å². The van der Waals surface area contributed by atoms with Crippen LogP contribution in [0.25, 0.3) is 22.3 Å². The van der Waals surface area contributed by atoms with E-state index in [4.69, 9.17) is 33.4 Å². The molecule has 6 rings (SSSR count). The monoisotopic (exact) mass is 893 g/mol. The third kappa shape index (κ3) is 11.1. The van der Waals surface area contributed by atoms with Crippen molar-refractivity contribution in [3.05, 3.63) is 52.9 Å². The number of carbonyl (C=O) groups excluding carboxylic acids is 4. The Kier molecular flexibility index (Phi) is 14.8. The lowest BCUT2D eigenvalue weighted by atomic mass is 9.77. The van der Waals surface area contributed by atoms with Crippen LogP contribution in [0.2, 0.25) is 0 Å². The maximum Gasteiger partial charge on any atom is 0.510 e. The van der Waals surface area contributed by atoms with Crippen LogP contribution in [-0.4, -0.2) is 88.2 Å². The average Bonchev–Trinajstić information content (AvgIpc) is 3.57. The Hall–Kier alpha value is -4.13. The Bertz CT molecular complexity index is 2190. The van der Waals surface area contributed by atoms with Gasteiger partial charge in [-0.05, 0) is 87.8 Å². The van der Waals surface area contributed by atoms with E-state index in [-0.39, 0.29) is 49.5 Å². The molecule has 1 saturated heterocycles. The van der Waals surface area contributed by atoms with E-state index in [1.54, 1.807) is 36.2 Å². The molecule has 13 nitrogen and oxygen atoms in total. The molecule has 3 fully saturated rings. The number of pyridine rings is 1. The zero-order valence-corrected chi connectivity index (χ0v) is 39.5. The first-order chi connectivity index (χ1) is 29.2. The number of fused-ring (bicyclic) bond motifs is 1. The number of ketones is 1. The number of thiazole rings is 1. The third-order valence-electron chi connectivity index (χ3n) is 12.3. The highest BCUT2D eigenvalue weighted by atomic mass is 32.1. The number of carbonyl (C=O) groups is 4. The summed E-state index contributed by atoms with van der Waals surface area (Å²) in [6, 6.07) is 6.86. The lowest BCUT2D eigenvalue weighted by Crippen LogP contribution is -2.48. The highest BCUT2D eigenvalue weighted by Gasteiger charge is 2.65. The fraction of sp³-hybridized carbons (Fsp3) is 0.617. The molecular formula is C47H64N3O10PS. The van der Waals surface area contributed by atoms with Gasteiger partial charge in [0.05, 0.1) is 58.1 Å². The summed E-state index contributed by atoms with van der Waals surface area (Å²) in [4.78, 5) is 66.7. The van der Waals surface area contributed by atoms with Crippen LogP contribution in [0.3, 0.4) is 0 Å². The molecule has 0 N–H and O–H groups in total. The molecule has 2 saturated carbocycles. The number of aryl methyl sites for hydroxylation is 1. The summed E-state index contributed by atoms with van der Waals surface area (Å²) in [5, 5.41) is 2.69. The molecule has 62 heavy (non-hydrogen) atoms. The van der Waals surface area contributed by atoms with Gasteiger partial charge in [0.2, 0.25) is 20.1 Å². The number of nitrogens with zero attached hydrogens (tertiary/aromatic N) is 3. The van der Waals surface area contributed by atoms with Gasteiger partial charge in [-0.15, -0.1) is 17.9 Å². The molecule has 1 unspecified atom stereocenters. The first kappa shape index (κ1) is 47.4. The molecule has 1 amide bonds.